The van der Waals surface area contributed by atoms with Crippen LogP contribution in [-0.2, 0) is 0 Å². The van der Waals surface area contributed by atoms with Crippen LogP contribution < -0.4 is 5.32 Å². The van der Waals surface area contributed by atoms with Crippen LogP contribution in [0.25, 0.3) is 0 Å². The zero-order valence-corrected chi connectivity index (χ0v) is 9.25. The van der Waals surface area contributed by atoms with Gasteiger partial charge in [0.25, 0.3) is 0 Å². The van der Waals surface area contributed by atoms with E-state index in [-0.39, 0.29) is 0 Å². The third kappa shape index (κ3) is 3.32. The summed E-state index contributed by atoms with van der Waals surface area (Å²) < 4.78 is 0. The highest BCUT2D eigenvalue weighted by Crippen LogP contribution is 2.10. The van der Waals surface area contributed by atoms with Crippen molar-refractivity contribution in [3.63, 3.8) is 0 Å². The first-order chi connectivity index (χ1) is 6.74. The Hall–Kier alpha value is -1.12. The first kappa shape index (κ1) is 11.0. The molecule has 0 bridgehead atoms. The molecule has 0 spiro atoms. The molecule has 14 heavy (non-hydrogen) atoms. The summed E-state index contributed by atoms with van der Waals surface area (Å²) in [6.07, 6.45) is 7.13. The van der Waals surface area contributed by atoms with E-state index in [0.717, 1.165) is 11.5 Å². The molecular formula is C11H19N3. The Kier molecular flexibility index (Phi) is 4.36. The molecule has 1 heterocycles. The summed E-state index contributed by atoms with van der Waals surface area (Å²) in [4.78, 5) is 8.44. The van der Waals surface area contributed by atoms with E-state index >= 15 is 0 Å². The minimum absolute atomic E-state index is 0.477. The van der Waals surface area contributed by atoms with Crippen molar-refractivity contribution < 1.29 is 0 Å². The van der Waals surface area contributed by atoms with Crippen molar-refractivity contribution in [3.8, 4) is 0 Å². The highest BCUT2D eigenvalue weighted by molar-refractivity contribution is 5.38. The van der Waals surface area contributed by atoms with Gasteiger partial charge in [0.15, 0.2) is 0 Å². The van der Waals surface area contributed by atoms with Crippen LogP contribution in [0.4, 0.5) is 5.82 Å². The van der Waals surface area contributed by atoms with Crippen molar-refractivity contribution in [2.75, 3.05) is 5.32 Å². The quantitative estimate of drug-likeness (QED) is 0.781. The second-order valence-electron chi connectivity index (χ2n) is 3.68. The van der Waals surface area contributed by atoms with Gasteiger partial charge in [0.1, 0.15) is 5.82 Å². The highest BCUT2D eigenvalue weighted by Gasteiger charge is 2.04. The van der Waals surface area contributed by atoms with Gasteiger partial charge in [-0.3, -0.25) is 4.98 Å². The van der Waals surface area contributed by atoms with Crippen LogP contribution in [0.15, 0.2) is 12.4 Å². The number of nitrogens with zero attached hydrogens (tertiary/aromatic N) is 2. The minimum Gasteiger partial charge on any atom is -0.366 e. The molecule has 3 nitrogen and oxygen atoms in total. The first-order valence-electron chi connectivity index (χ1n) is 5.28. The number of hydrogen-bond donors (Lipinski definition) is 1. The maximum atomic E-state index is 4.25. The van der Waals surface area contributed by atoms with E-state index in [0.29, 0.717) is 6.04 Å². The second kappa shape index (κ2) is 5.58. The van der Waals surface area contributed by atoms with Crippen LogP contribution in [0.2, 0.25) is 0 Å². The smallest absolute Gasteiger partial charge is 0.147 e. The van der Waals surface area contributed by atoms with Crippen molar-refractivity contribution in [3.05, 3.63) is 18.1 Å². The molecule has 3 heteroatoms. The molecule has 1 unspecified atom stereocenters. The maximum absolute atomic E-state index is 4.25. The lowest BCUT2D eigenvalue weighted by Gasteiger charge is -2.14. The number of unbranched alkanes of at least 4 members (excludes halogenated alkanes) is 1. The molecule has 0 saturated carbocycles. The number of aromatic nitrogens is 2. The molecule has 1 aromatic rings. The predicted molar refractivity (Wildman–Crippen MR) is 59.4 cm³/mol. The van der Waals surface area contributed by atoms with Gasteiger partial charge in [-0.25, -0.2) is 4.98 Å². The van der Waals surface area contributed by atoms with Crippen LogP contribution >= 0.6 is 0 Å². The van der Waals surface area contributed by atoms with Crippen molar-refractivity contribution in [1.82, 2.24) is 9.97 Å². The van der Waals surface area contributed by atoms with Crippen LogP contribution in [-0.4, -0.2) is 16.0 Å². The number of rotatable bonds is 5. The van der Waals surface area contributed by atoms with Crippen molar-refractivity contribution >= 4 is 5.82 Å². The van der Waals surface area contributed by atoms with Gasteiger partial charge in [-0.1, -0.05) is 19.8 Å². The van der Waals surface area contributed by atoms with Gasteiger partial charge in [-0.2, -0.15) is 0 Å². The average Bonchev–Trinajstić information content (AvgIpc) is 2.18. The molecule has 1 N–H and O–H groups in total. The monoisotopic (exact) mass is 193 g/mol. The molecule has 78 valence electrons. The SMILES string of the molecule is CCCCC(C)Nc1nccnc1C. The Morgan fingerprint density at radius 1 is 1.36 bits per heavy atom. The number of aryl methyl sites for hydroxylation is 1. The van der Waals surface area contributed by atoms with Crippen molar-refractivity contribution in [2.24, 2.45) is 0 Å². The molecule has 1 rings (SSSR count). The van der Waals surface area contributed by atoms with Gasteiger partial charge in [-0.05, 0) is 20.3 Å². The molecule has 0 fully saturated rings. The fourth-order valence-electron chi connectivity index (χ4n) is 1.37. The molecule has 0 aliphatic carbocycles. The standard InChI is InChI=1S/C11H19N3/c1-4-5-6-9(2)14-11-10(3)12-7-8-13-11/h7-9H,4-6H2,1-3H3,(H,13,14). The third-order valence-corrected chi connectivity index (χ3v) is 2.25. The summed E-state index contributed by atoms with van der Waals surface area (Å²) in [5, 5.41) is 3.37. The first-order valence-corrected chi connectivity index (χ1v) is 5.28. The van der Waals surface area contributed by atoms with E-state index in [2.05, 4.69) is 29.1 Å². The number of nitrogens with one attached hydrogen (secondary N) is 1. The maximum Gasteiger partial charge on any atom is 0.147 e. The second-order valence-corrected chi connectivity index (χ2v) is 3.68. The van der Waals surface area contributed by atoms with Gasteiger partial charge in [0.05, 0.1) is 5.69 Å². The number of anilines is 1. The van der Waals surface area contributed by atoms with E-state index in [9.17, 15) is 0 Å². The van der Waals surface area contributed by atoms with E-state index in [1.807, 2.05) is 6.92 Å². The highest BCUT2D eigenvalue weighted by atomic mass is 15.0. The van der Waals surface area contributed by atoms with Crippen molar-refractivity contribution in [1.29, 1.82) is 0 Å². The lowest BCUT2D eigenvalue weighted by atomic mass is 10.1. The van der Waals surface area contributed by atoms with Crippen LogP contribution in [0.5, 0.6) is 0 Å². The molecule has 0 radical (unpaired) electrons. The summed E-state index contributed by atoms with van der Waals surface area (Å²) in [5.41, 5.74) is 0.968. The lowest BCUT2D eigenvalue weighted by molar-refractivity contribution is 0.642. The zero-order valence-electron chi connectivity index (χ0n) is 9.25. The van der Waals surface area contributed by atoms with Crippen molar-refractivity contribution in [2.45, 2.75) is 46.1 Å². The fraction of sp³-hybridized carbons (Fsp3) is 0.636. The molecule has 0 amide bonds. The lowest BCUT2D eigenvalue weighted by Crippen LogP contribution is -2.16. The molecule has 0 saturated heterocycles. The van der Waals surface area contributed by atoms with Crippen LogP contribution in [0, 0.1) is 6.92 Å². The van der Waals surface area contributed by atoms with E-state index in [4.69, 9.17) is 0 Å². The summed E-state index contributed by atoms with van der Waals surface area (Å²) >= 11 is 0. The fourth-order valence-corrected chi connectivity index (χ4v) is 1.37. The number of hydrogen-bond acceptors (Lipinski definition) is 3. The average molecular weight is 193 g/mol. The third-order valence-electron chi connectivity index (χ3n) is 2.25. The zero-order chi connectivity index (χ0) is 10.4. The Morgan fingerprint density at radius 3 is 2.71 bits per heavy atom. The van der Waals surface area contributed by atoms with Gasteiger partial charge in [0.2, 0.25) is 0 Å². The topological polar surface area (TPSA) is 37.8 Å². The summed E-state index contributed by atoms with van der Waals surface area (Å²) in [6.45, 7) is 6.37. The van der Waals surface area contributed by atoms with E-state index in [1.54, 1.807) is 12.4 Å². The molecular weight excluding hydrogens is 174 g/mol. The summed E-state index contributed by atoms with van der Waals surface area (Å²) in [5.74, 6) is 0.913. The molecule has 0 aliphatic heterocycles. The van der Waals surface area contributed by atoms with Gasteiger partial charge in [0, 0.05) is 18.4 Å². The Balaban J connectivity index is 2.47. The van der Waals surface area contributed by atoms with Crippen LogP contribution in [0.1, 0.15) is 38.8 Å². The Labute approximate surface area is 86.0 Å². The molecule has 0 aliphatic rings. The summed E-state index contributed by atoms with van der Waals surface area (Å²) in [6, 6.07) is 0.477. The normalized spacial score (nSPS) is 12.5. The minimum atomic E-state index is 0.477. The summed E-state index contributed by atoms with van der Waals surface area (Å²) in [7, 11) is 0. The largest absolute Gasteiger partial charge is 0.366 e. The predicted octanol–water partition coefficient (Wildman–Crippen LogP) is 2.78. The van der Waals surface area contributed by atoms with E-state index in [1.165, 1.54) is 19.3 Å². The molecule has 1 atom stereocenters. The Bertz CT molecular complexity index is 273. The van der Waals surface area contributed by atoms with Crippen LogP contribution in [0.3, 0.4) is 0 Å². The van der Waals surface area contributed by atoms with Gasteiger partial charge in [-0.15, -0.1) is 0 Å². The molecule has 0 aromatic carbocycles. The van der Waals surface area contributed by atoms with E-state index < -0.39 is 0 Å². The van der Waals surface area contributed by atoms with Gasteiger partial charge >= 0.3 is 0 Å². The Morgan fingerprint density at radius 2 is 2.07 bits per heavy atom. The molecule has 1 aromatic heterocycles. The van der Waals surface area contributed by atoms with Gasteiger partial charge < -0.3 is 5.32 Å².